The van der Waals surface area contributed by atoms with Crippen molar-refractivity contribution >= 4 is 11.5 Å². The van der Waals surface area contributed by atoms with Crippen molar-refractivity contribution in [3.63, 3.8) is 0 Å². The van der Waals surface area contributed by atoms with Crippen molar-refractivity contribution in [2.45, 2.75) is 12.5 Å². The molecule has 0 spiro atoms. The molecule has 2 nitrogen and oxygen atoms in total. The van der Waals surface area contributed by atoms with Crippen LogP contribution in [0.25, 0.3) is 0 Å². The van der Waals surface area contributed by atoms with E-state index in [-0.39, 0.29) is 0 Å². The zero-order chi connectivity index (χ0) is 9.80. The first-order chi connectivity index (χ1) is 6.86. The number of aliphatic hydroxyl groups is 1. The highest BCUT2D eigenvalue weighted by molar-refractivity contribution is 7.03. The molecule has 0 aliphatic rings. The summed E-state index contributed by atoms with van der Waals surface area (Å²) < 4.78 is 3.97. The molecular formula is C11H11NOS. The smallest absolute Gasteiger partial charge is 0.0853 e. The van der Waals surface area contributed by atoms with Crippen molar-refractivity contribution in [1.82, 2.24) is 4.37 Å². The minimum absolute atomic E-state index is 0.434. The molecule has 2 aromatic rings. The van der Waals surface area contributed by atoms with E-state index in [4.69, 9.17) is 0 Å². The van der Waals surface area contributed by atoms with Crippen molar-refractivity contribution in [2.75, 3.05) is 0 Å². The number of hydrogen-bond donors (Lipinski definition) is 1. The molecule has 0 fully saturated rings. The van der Waals surface area contributed by atoms with E-state index in [1.54, 1.807) is 6.20 Å². The van der Waals surface area contributed by atoms with Crippen LogP contribution in [0, 0.1) is 0 Å². The molecule has 1 aromatic heterocycles. The van der Waals surface area contributed by atoms with Gasteiger partial charge in [-0.05, 0) is 17.1 Å². The van der Waals surface area contributed by atoms with E-state index in [0.29, 0.717) is 6.42 Å². The van der Waals surface area contributed by atoms with Gasteiger partial charge in [0.05, 0.1) is 6.10 Å². The molecule has 72 valence electrons. The van der Waals surface area contributed by atoms with Gasteiger partial charge in [-0.2, -0.15) is 0 Å². The number of aromatic nitrogens is 1. The molecule has 2 rings (SSSR count). The van der Waals surface area contributed by atoms with E-state index in [9.17, 15) is 5.11 Å². The van der Waals surface area contributed by atoms with Gasteiger partial charge >= 0.3 is 0 Å². The maximum absolute atomic E-state index is 9.83. The number of rotatable bonds is 3. The highest BCUT2D eigenvalue weighted by atomic mass is 32.1. The lowest BCUT2D eigenvalue weighted by Gasteiger charge is -2.07. The summed E-state index contributed by atoms with van der Waals surface area (Å²) in [6.45, 7) is 0. The van der Waals surface area contributed by atoms with Crippen molar-refractivity contribution in [1.29, 1.82) is 0 Å². The number of aliphatic hydroxyl groups excluding tert-OH is 1. The lowest BCUT2D eigenvalue weighted by molar-refractivity contribution is 0.178. The van der Waals surface area contributed by atoms with Crippen LogP contribution in [-0.4, -0.2) is 9.48 Å². The molecule has 0 bridgehead atoms. The highest BCUT2D eigenvalue weighted by Gasteiger charge is 2.08. The Labute approximate surface area is 87.0 Å². The van der Waals surface area contributed by atoms with Gasteiger partial charge in [0.1, 0.15) is 0 Å². The molecular weight excluding hydrogens is 194 g/mol. The third-order valence-electron chi connectivity index (χ3n) is 2.11. The molecule has 14 heavy (non-hydrogen) atoms. The second-order valence-corrected chi connectivity index (χ2v) is 3.82. The van der Waals surface area contributed by atoms with Crippen LogP contribution in [-0.2, 0) is 6.42 Å². The largest absolute Gasteiger partial charge is 0.388 e. The lowest BCUT2D eigenvalue weighted by atomic mass is 10.0. The van der Waals surface area contributed by atoms with E-state index in [2.05, 4.69) is 4.37 Å². The van der Waals surface area contributed by atoms with Crippen molar-refractivity contribution in [3.05, 3.63) is 53.0 Å². The maximum atomic E-state index is 9.83. The molecule has 0 saturated carbocycles. The Hall–Kier alpha value is -1.19. The van der Waals surface area contributed by atoms with Gasteiger partial charge in [-0.1, -0.05) is 30.3 Å². The van der Waals surface area contributed by atoms with E-state index < -0.39 is 6.10 Å². The second-order valence-electron chi connectivity index (χ2n) is 3.16. The van der Waals surface area contributed by atoms with Crippen LogP contribution in [0.5, 0.6) is 0 Å². The normalized spacial score (nSPS) is 12.6. The number of hydrogen-bond acceptors (Lipinski definition) is 3. The van der Waals surface area contributed by atoms with Crippen LogP contribution in [0.15, 0.2) is 41.9 Å². The topological polar surface area (TPSA) is 33.1 Å². The Morgan fingerprint density at radius 1 is 1.29 bits per heavy atom. The van der Waals surface area contributed by atoms with Crippen LogP contribution in [0.4, 0.5) is 0 Å². The molecule has 3 heteroatoms. The van der Waals surface area contributed by atoms with E-state index in [1.807, 2.05) is 35.7 Å². The van der Waals surface area contributed by atoms with Crippen LogP contribution in [0.1, 0.15) is 17.2 Å². The summed E-state index contributed by atoms with van der Waals surface area (Å²) in [5.74, 6) is 0. The first kappa shape index (κ1) is 9.37. The molecule has 1 unspecified atom stereocenters. The van der Waals surface area contributed by atoms with Crippen LogP contribution in [0.3, 0.4) is 0 Å². The fourth-order valence-electron chi connectivity index (χ4n) is 1.33. The summed E-state index contributed by atoms with van der Waals surface area (Å²) >= 11 is 1.37. The van der Waals surface area contributed by atoms with Gasteiger partial charge in [-0.25, -0.2) is 4.37 Å². The Bertz CT molecular complexity index is 371. The van der Waals surface area contributed by atoms with Gasteiger partial charge in [0.25, 0.3) is 0 Å². The first-order valence-electron chi connectivity index (χ1n) is 4.47. The first-order valence-corrected chi connectivity index (χ1v) is 5.31. The summed E-state index contributed by atoms with van der Waals surface area (Å²) in [6.07, 6.45) is 1.94. The van der Waals surface area contributed by atoms with Crippen LogP contribution in [0.2, 0.25) is 0 Å². The summed E-state index contributed by atoms with van der Waals surface area (Å²) in [6, 6.07) is 9.97. The number of benzene rings is 1. The van der Waals surface area contributed by atoms with Gasteiger partial charge in [-0.15, -0.1) is 0 Å². The fourth-order valence-corrected chi connectivity index (χ4v) is 1.92. The Morgan fingerprint density at radius 2 is 2.07 bits per heavy atom. The molecule has 0 aliphatic carbocycles. The van der Waals surface area contributed by atoms with E-state index in [0.717, 1.165) is 11.1 Å². The zero-order valence-electron chi connectivity index (χ0n) is 7.63. The van der Waals surface area contributed by atoms with Gasteiger partial charge in [0, 0.05) is 23.6 Å². The second kappa shape index (κ2) is 4.35. The van der Waals surface area contributed by atoms with Crippen molar-refractivity contribution in [3.8, 4) is 0 Å². The third kappa shape index (κ3) is 2.19. The standard InChI is InChI=1S/C11H11NOS/c13-11(10-7-12-14-8-10)6-9-4-2-1-3-5-9/h1-5,7-8,11,13H,6H2. The molecule has 1 heterocycles. The average molecular weight is 205 g/mol. The summed E-state index contributed by atoms with van der Waals surface area (Å²) in [5.41, 5.74) is 2.05. The number of nitrogens with zero attached hydrogens (tertiary/aromatic N) is 1. The molecule has 0 amide bonds. The fraction of sp³-hybridized carbons (Fsp3) is 0.182. The monoisotopic (exact) mass is 205 g/mol. The van der Waals surface area contributed by atoms with Gasteiger partial charge in [0.2, 0.25) is 0 Å². The SMILES string of the molecule is OC(Cc1ccccc1)c1cnsc1. The van der Waals surface area contributed by atoms with Crippen LogP contribution < -0.4 is 0 Å². The molecule has 0 saturated heterocycles. The predicted molar refractivity (Wildman–Crippen MR) is 57.2 cm³/mol. The summed E-state index contributed by atoms with van der Waals surface area (Å²) in [4.78, 5) is 0. The molecule has 1 atom stereocenters. The molecule has 1 aromatic carbocycles. The van der Waals surface area contributed by atoms with Gasteiger partial charge in [-0.3, -0.25) is 0 Å². The minimum atomic E-state index is -0.434. The quantitative estimate of drug-likeness (QED) is 0.834. The molecule has 0 radical (unpaired) electrons. The van der Waals surface area contributed by atoms with E-state index >= 15 is 0 Å². The van der Waals surface area contributed by atoms with Crippen molar-refractivity contribution in [2.24, 2.45) is 0 Å². The lowest BCUT2D eigenvalue weighted by Crippen LogP contribution is -1.99. The van der Waals surface area contributed by atoms with Crippen molar-refractivity contribution < 1.29 is 5.11 Å². The third-order valence-corrected chi connectivity index (χ3v) is 2.71. The minimum Gasteiger partial charge on any atom is -0.388 e. The average Bonchev–Trinajstić information content (AvgIpc) is 2.72. The Morgan fingerprint density at radius 3 is 2.71 bits per heavy atom. The van der Waals surface area contributed by atoms with Crippen LogP contribution >= 0.6 is 11.5 Å². The summed E-state index contributed by atoms with van der Waals surface area (Å²) in [7, 11) is 0. The Kier molecular flexibility index (Phi) is 2.91. The molecule has 0 aliphatic heterocycles. The predicted octanol–water partition coefficient (Wildman–Crippen LogP) is 2.42. The maximum Gasteiger partial charge on any atom is 0.0853 e. The van der Waals surface area contributed by atoms with Gasteiger partial charge < -0.3 is 5.11 Å². The zero-order valence-corrected chi connectivity index (χ0v) is 8.45. The summed E-state index contributed by atoms with van der Waals surface area (Å²) in [5, 5.41) is 11.7. The highest BCUT2D eigenvalue weighted by Crippen LogP contribution is 2.18. The molecule has 1 N–H and O–H groups in total. The Balaban J connectivity index is 2.06. The van der Waals surface area contributed by atoms with E-state index in [1.165, 1.54) is 11.5 Å². The van der Waals surface area contributed by atoms with Gasteiger partial charge in [0.15, 0.2) is 0 Å².